The number of hydrogen-bond donors (Lipinski definition) is 1. The maximum atomic E-state index is 13.4. The second-order valence-electron chi connectivity index (χ2n) is 6.56. The molecule has 5 nitrogen and oxygen atoms in total. The van der Waals surface area contributed by atoms with Crippen molar-refractivity contribution in [2.75, 3.05) is 0 Å². The molecular weight excluding hydrogens is 392 g/mol. The van der Waals surface area contributed by atoms with E-state index in [9.17, 15) is 13.2 Å². The number of carbonyl (C=O) groups excluding carboxylic acids is 1. The van der Waals surface area contributed by atoms with E-state index >= 15 is 0 Å². The molecule has 1 amide bonds. The second kappa shape index (κ2) is 8.68. The van der Waals surface area contributed by atoms with E-state index in [2.05, 4.69) is 0 Å². The SMILES string of the molecule is C[C@H](Cc1cccs1)N(Cc1ccccc1)S(=O)(=O)c1ccc(C(N)=O)cc1. The Kier molecular flexibility index (Phi) is 6.28. The van der Waals surface area contributed by atoms with Crippen molar-refractivity contribution in [2.24, 2.45) is 5.73 Å². The van der Waals surface area contributed by atoms with Gasteiger partial charge in [-0.25, -0.2) is 8.42 Å². The summed E-state index contributed by atoms with van der Waals surface area (Å²) < 4.78 is 28.3. The molecule has 0 fully saturated rings. The van der Waals surface area contributed by atoms with Gasteiger partial charge in [0.1, 0.15) is 0 Å². The molecule has 7 heteroatoms. The van der Waals surface area contributed by atoms with Gasteiger partial charge >= 0.3 is 0 Å². The van der Waals surface area contributed by atoms with Crippen LogP contribution in [0.2, 0.25) is 0 Å². The number of benzene rings is 2. The van der Waals surface area contributed by atoms with Crippen molar-refractivity contribution in [3.05, 3.63) is 88.1 Å². The lowest BCUT2D eigenvalue weighted by atomic mass is 10.1. The summed E-state index contributed by atoms with van der Waals surface area (Å²) in [5.41, 5.74) is 6.45. The van der Waals surface area contributed by atoms with Gasteiger partial charge in [0.25, 0.3) is 0 Å². The summed E-state index contributed by atoms with van der Waals surface area (Å²) in [6.07, 6.45) is 0.628. The van der Waals surface area contributed by atoms with E-state index < -0.39 is 15.9 Å². The third kappa shape index (κ3) is 4.67. The molecule has 1 atom stereocenters. The highest BCUT2D eigenvalue weighted by Gasteiger charge is 2.29. The normalized spacial score (nSPS) is 12.8. The molecule has 0 unspecified atom stereocenters. The van der Waals surface area contributed by atoms with Crippen molar-refractivity contribution in [1.82, 2.24) is 4.31 Å². The van der Waals surface area contributed by atoms with Crippen LogP contribution >= 0.6 is 11.3 Å². The van der Waals surface area contributed by atoms with E-state index in [1.807, 2.05) is 54.8 Å². The van der Waals surface area contributed by atoms with Gasteiger partial charge in [-0.1, -0.05) is 36.4 Å². The topological polar surface area (TPSA) is 80.5 Å². The molecule has 2 N–H and O–H groups in total. The van der Waals surface area contributed by atoms with Crippen molar-refractivity contribution in [3.63, 3.8) is 0 Å². The van der Waals surface area contributed by atoms with Gasteiger partial charge in [0.2, 0.25) is 15.9 Å². The van der Waals surface area contributed by atoms with E-state index in [0.29, 0.717) is 6.42 Å². The summed E-state index contributed by atoms with van der Waals surface area (Å²) in [5.74, 6) is -0.587. The minimum absolute atomic E-state index is 0.145. The molecule has 1 heterocycles. The van der Waals surface area contributed by atoms with E-state index in [1.54, 1.807) is 11.3 Å². The molecule has 0 aliphatic rings. The fourth-order valence-electron chi connectivity index (χ4n) is 2.99. The third-order valence-electron chi connectivity index (χ3n) is 4.49. The van der Waals surface area contributed by atoms with E-state index in [1.165, 1.54) is 28.6 Å². The maximum Gasteiger partial charge on any atom is 0.248 e. The molecule has 1 aromatic heterocycles. The predicted molar refractivity (Wildman–Crippen MR) is 112 cm³/mol. The van der Waals surface area contributed by atoms with Crippen LogP contribution in [0.5, 0.6) is 0 Å². The average molecular weight is 415 g/mol. The van der Waals surface area contributed by atoms with Crippen molar-refractivity contribution >= 4 is 27.3 Å². The lowest BCUT2D eigenvalue weighted by molar-refractivity contribution is 0.1000. The van der Waals surface area contributed by atoms with Gasteiger partial charge in [-0.15, -0.1) is 11.3 Å². The molecule has 146 valence electrons. The Bertz CT molecular complexity index is 1020. The molecule has 0 saturated heterocycles. The van der Waals surface area contributed by atoms with Crippen LogP contribution in [0.3, 0.4) is 0 Å². The molecular formula is C21H22N2O3S2. The first kappa shape index (κ1) is 20.3. The summed E-state index contributed by atoms with van der Waals surface area (Å²) in [4.78, 5) is 12.6. The fourth-order valence-corrected chi connectivity index (χ4v) is 5.43. The molecule has 0 saturated carbocycles. The van der Waals surface area contributed by atoms with E-state index in [4.69, 9.17) is 5.73 Å². The Hall–Kier alpha value is -2.48. The highest BCUT2D eigenvalue weighted by atomic mass is 32.2. The van der Waals surface area contributed by atoms with Crippen LogP contribution < -0.4 is 5.73 Å². The van der Waals surface area contributed by atoms with Gasteiger partial charge in [0.05, 0.1) is 4.90 Å². The number of primary amides is 1. The monoisotopic (exact) mass is 414 g/mol. The van der Waals surface area contributed by atoms with Crippen molar-refractivity contribution < 1.29 is 13.2 Å². The van der Waals surface area contributed by atoms with Crippen LogP contribution in [0.1, 0.15) is 27.7 Å². The number of thiophene rings is 1. The van der Waals surface area contributed by atoms with Gasteiger partial charge in [-0.2, -0.15) is 4.31 Å². The first-order chi connectivity index (χ1) is 13.4. The number of hydrogen-bond acceptors (Lipinski definition) is 4. The highest BCUT2D eigenvalue weighted by Crippen LogP contribution is 2.24. The van der Waals surface area contributed by atoms with E-state index in [-0.39, 0.29) is 23.0 Å². The van der Waals surface area contributed by atoms with E-state index in [0.717, 1.165) is 10.4 Å². The Morgan fingerprint density at radius 3 is 2.29 bits per heavy atom. The van der Waals surface area contributed by atoms with Gasteiger partial charge in [0, 0.05) is 23.0 Å². The lowest BCUT2D eigenvalue weighted by Crippen LogP contribution is -2.39. The van der Waals surface area contributed by atoms with Gasteiger partial charge in [0.15, 0.2) is 0 Å². The first-order valence-electron chi connectivity index (χ1n) is 8.86. The lowest BCUT2D eigenvalue weighted by Gasteiger charge is -2.28. The molecule has 0 aliphatic carbocycles. The number of nitrogens with two attached hydrogens (primary N) is 1. The quantitative estimate of drug-likeness (QED) is 0.611. The molecule has 2 aromatic carbocycles. The van der Waals surface area contributed by atoms with Gasteiger partial charge in [-0.3, -0.25) is 4.79 Å². The zero-order chi connectivity index (χ0) is 20.1. The summed E-state index contributed by atoms with van der Waals surface area (Å²) in [7, 11) is -3.76. The maximum absolute atomic E-state index is 13.4. The van der Waals surface area contributed by atoms with Crippen LogP contribution in [-0.4, -0.2) is 24.7 Å². The van der Waals surface area contributed by atoms with Crippen LogP contribution in [-0.2, 0) is 23.0 Å². The molecule has 0 radical (unpaired) electrons. The largest absolute Gasteiger partial charge is 0.366 e. The second-order valence-corrected chi connectivity index (χ2v) is 9.48. The summed E-state index contributed by atoms with van der Waals surface area (Å²) in [6, 6.07) is 19.0. The highest BCUT2D eigenvalue weighted by molar-refractivity contribution is 7.89. The number of nitrogens with zero attached hydrogens (tertiary/aromatic N) is 1. The molecule has 28 heavy (non-hydrogen) atoms. The first-order valence-corrected chi connectivity index (χ1v) is 11.2. The summed E-state index contributed by atoms with van der Waals surface area (Å²) in [5, 5.41) is 1.99. The molecule has 0 aliphatic heterocycles. The Balaban J connectivity index is 1.94. The Morgan fingerprint density at radius 2 is 1.71 bits per heavy atom. The number of rotatable bonds is 8. The van der Waals surface area contributed by atoms with Gasteiger partial charge in [-0.05, 0) is 54.6 Å². The van der Waals surface area contributed by atoms with Crippen LogP contribution in [0, 0.1) is 0 Å². The minimum Gasteiger partial charge on any atom is -0.366 e. The van der Waals surface area contributed by atoms with Crippen molar-refractivity contribution in [2.45, 2.75) is 30.8 Å². The predicted octanol–water partition coefficient (Wildman–Crippen LogP) is 3.67. The molecule has 0 bridgehead atoms. The zero-order valence-corrected chi connectivity index (χ0v) is 17.1. The van der Waals surface area contributed by atoms with Crippen molar-refractivity contribution in [1.29, 1.82) is 0 Å². The van der Waals surface area contributed by atoms with Crippen LogP contribution in [0.15, 0.2) is 77.0 Å². The minimum atomic E-state index is -3.76. The number of sulfonamides is 1. The summed E-state index contributed by atoms with van der Waals surface area (Å²) >= 11 is 1.61. The average Bonchev–Trinajstić information content (AvgIpc) is 3.19. The molecule has 3 rings (SSSR count). The fraction of sp³-hybridized carbons (Fsp3) is 0.190. The standard InChI is InChI=1S/C21H22N2O3S2/c1-16(14-19-8-5-13-27-19)23(15-17-6-3-2-4-7-17)28(25,26)20-11-9-18(10-12-20)21(22)24/h2-13,16H,14-15H2,1H3,(H2,22,24)/t16-/m1/s1. The molecule has 3 aromatic rings. The third-order valence-corrected chi connectivity index (χ3v) is 7.37. The van der Waals surface area contributed by atoms with Crippen molar-refractivity contribution in [3.8, 4) is 0 Å². The van der Waals surface area contributed by atoms with Crippen LogP contribution in [0.4, 0.5) is 0 Å². The Morgan fingerprint density at radius 1 is 1.04 bits per heavy atom. The van der Waals surface area contributed by atoms with Crippen LogP contribution in [0.25, 0.3) is 0 Å². The number of carbonyl (C=O) groups is 1. The summed E-state index contributed by atoms with van der Waals surface area (Å²) in [6.45, 7) is 2.19. The Labute approximate surface area is 169 Å². The van der Waals surface area contributed by atoms with Gasteiger partial charge < -0.3 is 5.73 Å². The molecule has 0 spiro atoms. The zero-order valence-electron chi connectivity index (χ0n) is 15.5. The number of amides is 1. The smallest absolute Gasteiger partial charge is 0.248 e.